The summed E-state index contributed by atoms with van der Waals surface area (Å²) in [5.74, 6) is 2.28. The fourth-order valence-electron chi connectivity index (χ4n) is 6.86. The van der Waals surface area contributed by atoms with Gasteiger partial charge >= 0.3 is 0 Å². The van der Waals surface area contributed by atoms with Crippen LogP contribution in [-0.2, 0) is 31.3 Å². The maximum Gasteiger partial charge on any atom is 0.255 e. The number of aliphatic hydroxyl groups is 4. The lowest BCUT2D eigenvalue weighted by atomic mass is 9.94. The first-order valence-electron chi connectivity index (χ1n) is 18.5. The lowest BCUT2D eigenvalue weighted by molar-refractivity contribution is 0.0854. The highest BCUT2D eigenvalue weighted by Gasteiger charge is 2.27. The lowest BCUT2D eigenvalue weighted by Crippen LogP contribution is -2.38. The van der Waals surface area contributed by atoms with Crippen LogP contribution in [0.4, 0.5) is 5.69 Å². The SMILES string of the molecule is COc1ccc2c(c1)C(=O)NC(c1ccc(OCCCCCCCOc3cc(C4CC(c5cc(CO)c(CO)c(CO)c5)=NO4)ccc3OC)c(CO)c1)N2. The van der Waals surface area contributed by atoms with Crippen LogP contribution in [0.1, 0.15) is 100 Å². The molecule has 0 aliphatic carbocycles. The normalized spacial score (nSPS) is 16.0. The first kappa shape index (κ1) is 39.4. The number of hydrogen-bond acceptors (Lipinski definition) is 12. The number of benzene rings is 4. The van der Waals surface area contributed by atoms with E-state index in [0.717, 1.165) is 48.8 Å². The van der Waals surface area contributed by atoms with E-state index in [1.165, 1.54) is 0 Å². The van der Waals surface area contributed by atoms with E-state index in [-0.39, 0.29) is 38.4 Å². The van der Waals surface area contributed by atoms with Crippen LogP contribution in [-0.4, -0.2) is 59.5 Å². The van der Waals surface area contributed by atoms with Crippen molar-refractivity contribution in [2.24, 2.45) is 5.16 Å². The Labute approximate surface area is 320 Å². The van der Waals surface area contributed by atoms with Crippen LogP contribution >= 0.6 is 0 Å². The van der Waals surface area contributed by atoms with Gasteiger partial charge in [-0.2, -0.15) is 0 Å². The van der Waals surface area contributed by atoms with Crippen LogP contribution in [0.25, 0.3) is 0 Å². The summed E-state index contributed by atoms with van der Waals surface area (Å²) in [7, 11) is 3.17. The Morgan fingerprint density at radius 1 is 0.691 bits per heavy atom. The van der Waals surface area contributed by atoms with Crippen LogP contribution in [0.15, 0.2) is 71.9 Å². The third-order valence-electron chi connectivity index (χ3n) is 9.93. The number of methoxy groups -OCH3 is 2. The van der Waals surface area contributed by atoms with Gasteiger partial charge in [0, 0.05) is 23.2 Å². The summed E-state index contributed by atoms with van der Waals surface area (Å²) in [6, 6.07) is 20.1. The standard InChI is InChI=1S/C42H49N3O10/c1-51-32-10-11-35-33(20-32)42(50)44-41(43-35)27-9-12-37(31(16-27)24-48)53-14-6-4-3-5-7-15-54-40-19-26(8-13-38(40)52-2)39-21-36(45-55-39)28-17-29(22-46)34(25-49)30(18-28)23-47/h8-13,16-20,39,41,43,46-49H,3-7,14-15,21-25H2,1-2H3,(H,44,50). The fourth-order valence-corrected chi connectivity index (χ4v) is 6.86. The number of nitrogens with one attached hydrogen (secondary N) is 2. The summed E-state index contributed by atoms with van der Waals surface area (Å²) in [6.07, 6.45) is 4.41. The van der Waals surface area contributed by atoms with Gasteiger partial charge in [0.15, 0.2) is 17.6 Å². The Morgan fingerprint density at radius 3 is 2.04 bits per heavy atom. The highest BCUT2D eigenvalue weighted by atomic mass is 16.6. The molecular formula is C42H49N3O10. The molecule has 2 heterocycles. The average molecular weight is 756 g/mol. The van der Waals surface area contributed by atoms with E-state index >= 15 is 0 Å². The zero-order valence-corrected chi connectivity index (χ0v) is 31.2. The third kappa shape index (κ3) is 9.31. The Morgan fingerprint density at radius 2 is 1.36 bits per heavy atom. The molecule has 0 fully saturated rings. The molecule has 4 aromatic rings. The number of nitrogens with zero attached hydrogens (tertiary/aromatic N) is 1. The molecule has 0 saturated heterocycles. The van der Waals surface area contributed by atoms with Crippen LogP contribution in [0.5, 0.6) is 23.0 Å². The average Bonchev–Trinajstić information content (AvgIpc) is 3.73. The third-order valence-corrected chi connectivity index (χ3v) is 9.93. The van der Waals surface area contributed by atoms with E-state index < -0.39 is 6.17 Å². The Kier molecular flexibility index (Phi) is 13.5. The number of amides is 1. The predicted molar refractivity (Wildman–Crippen MR) is 205 cm³/mol. The van der Waals surface area contributed by atoms with Gasteiger partial charge in [0.2, 0.25) is 0 Å². The largest absolute Gasteiger partial charge is 0.497 e. The summed E-state index contributed by atoms with van der Waals surface area (Å²) < 4.78 is 23.0. The first-order valence-corrected chi connectivity index (χ1v) is 18.5. The van der Waals surface area contributed by atoms with Crippen LogP contribution in [0.2, 0.25) is 0 Å². The molecule has 55 heavy (non-hydrogen) atoms. The molecule has 1 amide bonds. The van der Waals surface area contributed by atoms with Crippen molar-refractivity contribution in [3.05, 3.63) is 111 Å². The quantitative estimate of drug-likeness (QED) is 0.0637. The van der Waals surface area contributed by atoms with Gasteiger partial charge in [0.25, 0.3) is 5.91 Å². The molecule has 2 aliphatic rings. The maximum atomic E-state index is 12.8. The van der Waals surface area contributed by atoms with Gasteiger partial charge in [-0.1, -0.05) is 36.6 Å². The zero-order valence-electron chi connectivity index (χ0n) is 31.2. The number of rotatable bonds is 19. The molecule has 0 aromatic heterocycles. The number of hydrogen-bond donors (Lipinski definition) is 6. The molecule has 0 radical (unpaired) electrons. The van der Waals surface area contributed by atoms with E-state index in [1.807, 2.05) is 42.5 Å². The van der Waals surface area contributed by atoms with E-state index in [4.69, 9.17) is 23.8 Å². The van der Waals surface area contributed by atoms with Crippen molar-refractivity contribution in [2.45, 2.75) is 77.2 Å². The topological polar surface area (TPSA) is 181 Å². The molecule has 13 nitrogen and oxygen atoms in total. The van der Waals surface area contributed by atoms with Crippen LogP contribution in [0, 0.1) is 0 Å². The minimum atomic E-state index is -0.446. The minimum absolute atomic E-state index is 0.188. The second kappa shape index (κ2) is 18.8. The van der Waals surface area contributed by atoms with E-state index in [2.05, 4.69) is 15.8 Å². The molecule has 6 N–H and O–H groups in total. The monoisotopic (exact) mass is 755 g/mol. The number of anilines is 1. The van der Waals surface area contributed by atoms with Gasteiger partial charge in [-0.05, 0) is 95.3 Å². The number of unbranched alkanes of at least 4 members (excludes halogenated alkanes) is 4. The predicted octanol–water partition coefficient (Wildman–Crippen LogP) is 5.80. The van der Waals surface area contributed by atoms with Crippen LogP contribution < -0.4 is 29.6 Å². The molecule has 4 aromatic carbocycles. The maximum absolute atomic E-state index is 12.8. The van der Waals surface area contributed by atoms with Gasteiger partial charge in [-0.25, -0.2) is 0 Å². The van der Waals surface area contributed by atoms with Crippen molar-refractivity contribution in [1.82, 2.24) is 5.32 Å². The molecule has 292 valence electrons. The number of aliphatic hydroxyl groups excluding tert-OH is 4. The Balaban J connectivity index is 0.923. The van der Waals surface area contributed by atoms with Crippen molar-refractivity contribution in [3.63, 3.8) is 0 Å². The molecular weight excluding hydrogens is 706 g/mol. The number of carbonyl (C=O) groups is 1. The van der Waals surface area contributed by atoms with Crippen molar-refractivity contribution < 1.29 is 49.0 Å². The number of ether oxygens (including phenoxy) is 4. The summed E-state index contributed by atoms with van der Waals surface area (Å²) in [5.41, 5.74) is 6.60. The Bertz CT molecular complexity index is 1960. The second-order valence-corrected chi connectivity index (χ2v) is 13.4. The molecule has 2 unspecified atom stereocenters. The smallest absolute Gasteiger partial charge is 0.255 e. The number of fused-ring (bicyclic) bond motifs is 1. The fraction of sp³-hybridized carbons (Fsp3) is 0.381. The minimum Gasteiger partial charge on any atom is -0.497 e. The zero-order chi connectivity index (χ0) is 38.7. The molecule has 13 heteroatoms. The molecule has 6 rings (SSSR count). The van der Waals surface area contributed by atoms with Gasteiger partial charge in [0.05, 0.1) is 65.1 Å². The van der Waals surface area contributed by atoms with E-state index in [9.17, 15) is 25.2 Å². The summed E-state index contributed by atoms with van der Waals surface area (Å²) in [4.78, 5) is 18.6. The molecule has 0 bridgehead atoms. The van der Waals surface area contributed by atoms with Gasteiger partial charge in [-0.15, -0.1) is 0 Å². The number of oxime groups is 1. The van der Waals surface area contributed by atoms with Gasteiger partial charge in [-0.3, -0.25) is 4.79 Å². The highest BCUT2D eigenvalue weighted by Crippen LogP contribution is 2.37. The first-order chi connectivity index (χ1) is 26.9. The van der Waals surface area contributed by atoms with Crippen molar-refractivity contribution in [1.29, 1.82) is 0 Å². The molecule has 2 atom stereocenters. The second-order valence-electron chi connectivity index (χ2n) is 13.4. The molecule has 0 saturated carbocycles. The molecule has 2 aliphatic heterocycles. The van der Waals surface area contributed by atoms with Crippen molar-refractivity contribution in [2.75, 3.05) is 32.8 Å². The Hall–Kier alpha value is -5.34. The van der Waals surface area contributed by atoms with Crippen molar-refractivity contribution in [3.8, 4) is 23.0 Å². The summed E-state index contributed by atoms with van der Waals surface area (Å²) in [6.45, 7) is 0.0574. The molecule has 0 spiro atoms. The van der Waals surface area contributed by atoms with E-state index in [0.29, 0.717) is 81.8 Å². The van der Waals surface area contributed by atoms with Gasteiger partial charge in [0.1, 0.15) is 17.7 Å². The van der Waals surface area contributed by atoms with Crippen molar-refractivity contribution >= 4 is 17.3 Å². The van der Waals surface area contributed by atoms with Gasteiger partial charge < -0.3 is 54.8 Å². The lowest BCUT2D eigenvalue weighted by Gasteiger charge is -2.29. The number of carbonyl (C=O) groups excluding carboxylic acids is 1. The van der Waals surface area contributed by atoms with E-state index in [1.54, 1.807) is 38.5 Å². The summed E-state index contributed by atoms with van der Waals surface area (Å²) in [5, 5.41) is 50.0. The highest BCUT2D eigenvalue weighted by molar-refractivity contribution is 6.02. The van der Waals surface area contributed by atoms with Crippen LogP contribution in [0.3, 0.4) is 0 Å². The summed E-state index contributed by atoms with van der Waals surface area (Å²) >= 11 is 0.